The van der Waals surface area contributed by atoms with E-state index in [1.807, 2.05) is 44.2 Å². The van der Waals surface area contributed by atoms with E-state index in [0.29, 0.717) is 28.8 Å². The Balaban J connectivity index is 2.00. The number of anilines is 1. The van der Waals surface area contributed by atoms with E-state index in [9.17, 15) is 4.79 Å². The molecule has 0 fully saturated rings. The van der Waals surface area contributed by atoms with Crippen LogP contribution in [0.15, 0.2) is 36.4 Å². The Bertz CT molecular complexity index is 838. The number of methoxy groups -OCH3 is 1. The van der Waals surface area contributed by atoms with Crippen LogP contribution >= 0.6 is 11.6 Å². The van der Waals surface area contributed by atoms with Crippen LogP contribution in [0.2, 0.25) is 5.02 Å². The fourth-order valence-electron chi connectivity index (χ4n) is 3.03. The number of unbranched alkanes of at least 4 members (excludes halogenated alkanes) is 3. The molecule has 2 rings (SSSR count). The molecule has 0 radical (unpaired) electrons. The number of carbonyl (C=O) groups is 1. The van der Waals surface area contributed by atoms with Crippen molar-refractivity contribution >= 4 is 29.3 Å². The fraction of sp³-hybridized carbons (Fsp3) is 0.375. The number of hydrogen-bond acceptors (Lipinski definition) is 3. The highest BCUT2D eigenvalue weighted by Gasteiger charge is 2.08. The lowest BCUT2D eigenvalue weighted by Crippen LogP contribution is -2.09. The highest BCUT2D eigenvalue weighted by molar-refractivity contribution is 6.34. The van der Waals surface area contributed by atoms with Gasteiger partial charge in [-0.2, -0.15) is 0 Å². The number of carbonyl (C=O) groups excluding carboxylic acids is 1. The molecule has 0 saturated carbocycles. The molecule has 0 aromatic heterocycles. The van der Waals surface area contributed by atoms with Crippen LogP contribution in [-0.2, 0) is 4.79 Å². The van der Waals surface area contributed by atoms with Crippen LogP contribution in [0.25, 0.3) is 6.08 Å². The van der Waals surface area contributed by atoms with Gasteiger partial charge in [-0.05, 0) is 61.2 Å². The Morgan fingerprint density at radius 3 is 2.59 bits per heavy atom. The molecule has 29 heavy (non-hydrogen) atoms. The van der Waals surface area contributed by atoms with Crippen LogP contribution in [0.3, 0.4) is 0 Å². The van der Waals surface area contributed by atoms with Crippen molar-refractivity contribution in [2.75, 3.05) is 19.0 Å². The molecule has 5 heteroatoms. The minimum atomic E-state index is -0.242. The first kappa shape index (κ1) is 22.8. The van der Waals surface area contributed by atoms with Crippen LogP contribution < -0.4 is 14.8 Å². The first-order valence-corrected chi connectivity index (χ1v) is 10.4. The number of amides is 1. The summed E-state index contributed by atoms with van der Waals surface area (Å²) in [4.78, 5) is 12.3. The standard InChI is InChI=1S/C24H30ClNO3/c1-5-6-7-8-13-29-21-11-9-19(16-22(21)28-4)10-12-23(27)26-24-18(3)14-17(2)15-20(24)25/h9-12,14-16H,5-8,13H2,1-4H3,(H,26,27)/b12-10+. The van der Waals surface area contributed by atoms with Crippen LogP contribution in [0, 0.1) is 13.8 Å². The fourth-order valence-corrected chi connectivity index (χ4v) is 3.40. The van der Waals surface area contributed by atoms with Crippen molar-refractivity contribution in [1.29, 1.82) is 0 Å². The number of rotatable bonds is 10. The first-order chi connectivity index (χ1) is 13.9. The van der Waals surface area contributed by atoms with E-state index >= 15 is 0 Å². The van der Waals surface area contributed by atoms with Crippen LogP contribution in [-0.4, -0.2) is 19.6 Å². The molecule has 0 atom stereocenters. The maximum Gasteiger partial charge on any atom is 0.248 e. The maximum absolute atomic E-state index is 12.3. The molecule has 2 aromatic carbocycles. The third kappa shape index (κ3) is 7.13. The summed E-state index contributed by atoms with van der Waals surface area (Å²) in [6.45, 7) is 6.75. The third-order valence-corrected chi connectivity index (χ3v) is 4.85. The largest absolute Gasteiger partial charge is 0.493 e. The second kappa shape index (κ2) is 11.5. The van der Waals surface area contributed by atoms with Gasteiger partial charge < -0.3 is 14.8 Å². The van der Waals surface area contributed by atoms with Gasteiger partial charge in [0.05, 0.1) is 24.4 Å². The van der Waals surface area contributed by atoms with Gasteiger partial charge in [0.2, 0.25) is 5.91 Å². The summed E-state index contributed by atoms with van der Waals surface area (Å²) >= 11 is 6.25. The zero-order valence-corrected chi connectivity index (χ0v) is 18.4. The second-order valence-electron chi connectivity index (χ2n) is 7.08. The molecule has 0 aliphatic heterocycles. The van der Waals surface area contributed by atoms with E-state index in [2.05, 4.69) is 12.2 Å². The summed E-state index contributed by atoms with van der Waals surface area (Å²) in [5.74, 6) is 1.13. The lowest BCUT2D eigenvalue weighted by molar-refractivity contribution is -0.111. The van der Waals surface area contributed by atoms with Crippen molar-refractivity contribution in [3.05, 3.63) is 58.1 Å². The van der Waals surface area contributed by atoms with Crippen molar-refractivity contribution < 1.29 is 14.3 Å². The molecular weight excluding hydrogens is 386 g/mol. The van der Waals surface area contributed by atoms with E-state index in [-0.39, 0.29) is 5.91 Å². The molecule has 4 nitrogen and oxygen atoms in total. The van der Waals surface area contributed by atoms with E-state index in [0.717, 1.165) is 23.1 Å². The summed E-state index contributed by atoms with van der Waals surface area (Å²) in [5, 5.41) is 3.38. The van der Waals surface area contributed by atoms with Gasteiger partial charge in [0, 0.05) is 6.08 Å². The predicted molar refractivity (Wildman–Crippen MR) is 121 cm³/mol. The minimum absolute atomic E-state index is 0.242. The molecule has 0 saturated heterocycles. The number of aryl methyl sites for hydroxylation is 2. The summed E-state index contributed by atoms with van der Waals surface area (Å²) < 4.78 is 11.3. The van der Waals surface area contributed by atoms with Gasteiger partial charge >= 0.3 is 0 Å². The predicted octanol–water partition coefficient (Wildman–Crippen LogP) is 6.58. The number of nitrogens with one attached hydrogen (secondary N) is 1. The average Bonchev–Trinajstić information content (AvgIpc) is 2.69. The second-order valence-corrected chi connectivity index (χ2v) is 7.49. The van der Waals surface area contributed by atoms with E-state index in [1.165, 1.54) is 25.3 Å². The van der Waals surface area contributed by atoms with Crippen LogP contribution in [0.1, 0.15) is 49.3 Å². The Hall–Kier alpha value is -2.46. The van der Waals surface area contributed by atoms with Gasteiger partial charge in [0.15, 0.2) is 11.5 Å². The molecular formula is C24H30ClNO3. The van der Waals surface area contributed by atoms with Gasteiger partial charge in [-0.15, -0.1) is 0 Å². The van der Waals surface area contributed by atoms with Crippen molar-refractivity contribution in [1.82, 2.24) is 0 Å². The Morgan fingerprint density at radius 2 is 1.90 bits per heavy atom. The molecule has 0 aliphatic carbocycles. The molecule has 0 heterocycles. The SMILES string of the molecule is CCCCCCOc1ccc(/C=C/C(=O)Nc2c(C)cc(C)cc2Cl)cc1OC. The molecule has 156 valence electrons. The first-order valence-electron chi connectivity index (χ1n) is 10.0. The maximum atomic E-state index is 12.3. The number of hydrogen-bond donors (Lipinski definition) is 1. The quantitative estimate of drug-likeness (QED) is 0.352. The van der Waals surface area contributed by atoms with Crippen molar-refractivity contribution in [3.8, 4) is 11.5 Å². The summed E-state index contributed by atoms with van der Waals surface area (Å²) in [6, 6.07) is 9.45. The van der Waals surface area contributed by atoms with Gasteiger partial charge in [-0.25, -0.2) is 0 Å². The number of benzene rings is 2. The van der Waals surface area contributed by atoms with Gasteiger partial charge in [0.25, 0.3) is 0 Å². The van der Waals surface area contributed by atoms with Gasteiger partial charge in [0.1, 0.15) is 0 Å². The number of ether oxygens (including phenoxy) is 2. The minimum Gasteiger partial charge on any atom is -0.493 e. The lowest BCUT2D eigenvalue weighted by Gasteiger charge is -2.11. The van der Waals surface area contributed by atoms with E-state index in [1.54, 1.807) is 13.2 Å². The molecule has 1 N–H and O–H groups in total. The topological polar surface area (TPSA) is 47.6 Å². The van der Waals surface area contributed by atoms with E-state index < -0.39 is 0 Å². The molecule has 0 spiro atoms. The third-order valence-electron chi connectivity index (χ3n) is 4.55. The Morgan fingerprint density at radius 1 is 1.10 bits per heavy atom. The van der Waals surface area contributed by atoms with Crippen molar-refractivity contribution in [2.45, 2.75) is 46.5 Å². The monoisotopic (exact) mass is 415 g/mol. The Kier molecular flexibility index (Phi) is 9.07. The summed E-state index contributed by atoms with van der Waals surface area (Å²) in [5.41, 5.74) is 3.47. The van der Waals surface area contributed by atoms with Gasteiger partial charge in [-0.1, -0.05) is 49.9 Å². The smallest absolute Gasteiger partial charge is 0.248 e. The summed E-state index contributed by atoms with van der Waals surface area (Å²) in [6.07, 6.45) is 7.84. The van der Waals surface area contributed by atoms with Crippen LogP contribution in [0.4, 0.5) is 5.69 Å². The highest BCUT2D eigenvalue weighted by atomic mass is 35.5. The van der Waals surface area contributed by atoms with Crippen molar-refractivity contribution in [2.24, 2.45) is 0 Å². The molecule has 0 unspecified atom stereocenters. The molecule has 2 aromatic rings. The zero-order valence-electron chi connectivity index (χ0n) is 17.7. The van der Waals surface area contributed by atoms with E-state index in [4.69, 9.17) is 21.1 Å². The Labute approximate surface area is 178 Å². The van der Waals surface area contributed by atoms with Gasteiger partial charge in [-0.3, -0.25) is 4.79 Å². The van der Waals surface area contributed by atoms with Crippen molar-refractivity contribution in [3.63, 3.8) is 0 Å². The lowest BCUT2D eigenvalue weighted by atomic mass is 10.1. The normalized spacial score (nSPS) is 10.9. The molecule has 0 aliphatic rings. The zero-order chi connectivity index (χ0) is 21.2. The van der Waals surface area contributed by atoms with Crippen LogP contribution in [0.5, 0.6) is 11.5 Å². The average molecular weight is 416 g/mol. The number of halogens is 1. The molecule has 0 bridgehead atoms. The highest BCUT2D eigenvalue weighted by Crippen LogP contribution is 2.29. The summed E-state index contributed by atoms with van der Waals surface area (Å²) in [7, 11) is 1.61. The molecule has 1 amide bonds.